The molecule has 1 aromatic rings. The van der Waals surface area contributed by atoms with Gasteiger partial charge in [0.15, 0.2) is 0 Å². The third-order valence-electron chi connectivity index (χ3n) is 2.88. The van der Waals surface area contributed by atoms with Crippen LogP contribution in [0.2, 0.25) is 0 Å². The highest BCUT2D eigenvalue weighted by Crippen LogP contribution is 2.27. The minimum Gasteiger partial charge on any atom is -0.389 e. The number of benzene rings is 1. The molecule has 112 valence electrons. The number of aliphatic hydroxyl groups is 1. The van der Waals surface area contributed by atoms with Crippen molar-refractivity contribution >= 4 is 27.5 Å². The Hall–Kier alpha value is -1.11. The van der Waals surface area contributed by atoms with Crippen molar-refractivity contribution in [3.8, 4) is 0 Å². The first-order valence-electron chi connectivity index (χ1n) is 6.40. The van der Waals surface area contributed by atoms with Crippen molar-refractivity contribution in [1.82, 2.24) is 5.32 Å². The average molecular weight is 345 g/mol. The van der Waals surface area contributed by atoms with Crippen LogP contribution in [-0.2, 0) is 9.53 Å². The van der Waals surface area contributed by atoms with Crippen LogP contribution in [0.25, 0.3) is 0 Å². The number of methoxy groups -OCH3 is 1. The zero-order valence-electron chi connectivity index (χ0n) is 12.0. The average Bonchev–Trinajstić information content (AvgIpc) is 2.38. The molecule has 0 saturated carbocycles. The van der Waals surface area contributed by atoms with Crippen LogP contribution in [0.3, 0.4) is 0 Å². The molecule has 20 heavy (non-hydrogen) atoms. The van der Waals surface area contributed by atoms with Gasteiger partial charge in [0.1, 0.15) is 0 Å². The Morgan fingerprint density at radius 1 is 1.55 bits per heavy atom. The summed E-state index contributed by atoms with van der Waals surface area (Å²) in [7, 11) is 3.44. The number of ether oxygens (including phenoxy) is 1. The van der Waals surface area contributed by atoms with Crippen molar-refractivity contribution in [2.75, 3.05) is 38.8 Å². The molecule has 0 spiro atoms. The SMILES string of the molecule is COCCNC(=O)CN(C)c1ccc([C@@H](C)O)c(Br)c1. The number of carbonyl (C=O) groups excluding carboxylic acids is 1. The molecular formula is C14H21BrN2O3. The van der Waals surface area contributed by atoms with Crippen molar-refractivity contribution in [3.63, 3.8) is 0 Å². The van der Waals surface area contributed by atoms with Gasteiger partial charge in [-0.25, -0.2) is 0 Å². The second-order valence-electron chi connectivity index (χ2n) is 4.58. The Kier molecular flexibility index (Phi) is 6.98. The van der Waals surface area contributed by atoms with Gasteiger partial charge in [-0.15, -0.1) is 0 Å². The molecule has 0 saturated heterocycles. The standard InChI is InChI=1S/C14H21BrN2O3/c1-10(18)12-5-4-11(8-13(12)15)17(2)9-14(19)16-6-7-20-3/h4-5,8,10,18H,6-7,9H2,1-3H3,(H,16,19)/t10-/m1/s1. The number of halogens is 1. The van der Waals surface area contributed by atoms with E-state index in [1.54, 1.807) is 14.0 Å². The molecule has 0 aliphatic carbocycles. The van der Waals surface area contributed by atoms with E-state index in [-0.39, 0.29) is 12.5 Å². The molecule has 2 N–H and O–H groups in total. The van der Waals surface area contributed by atoms with E-state index in [4.69, 9.17) is 4.74 Å². The van der Waals surface area contributed by atoms with Crippen molar-refractivity contribution in [3.05, 3.63) is 28.2 Å². The van der Waals surface area contributed by atoms with Gasteiger partial charge in [0.2, 0.25) is 5.91 Å². The van der Waals surface area contributed by atoms with Crippen LogP contribution in [0.5, 0.6) is 0 Å². The Morgan fingerprint density at radius 2 is 2.25 bits per heavy atom. The van der Waals surface area contributed by atoms with Crippen LogP contribution >= 0.6 is 15.9 Å². The number of amides is 1. The molecule has 0 aliphatic rings. The summed E-state index contributed by atoms with van der Waals surface area (Å²) in [6.45, 7) is 2.99. The quantitative estimate of drug-likeness (QED) is 0.739. The lowest BCUT2D eigenvalue weighted by Crippen LogP contribution is -2.36. The van der Waals surface area contributed by atoms with Crippen molar-refractivity contribution in [2.24, 2.45) is 0 Å². The summed E-state index contributed by atoms with van der Waals surface area (Å²) >= 11 is 3.43. The molecule has 1 amide bonds. The maximum Gasteiger partial charge on any atom is 0.239 e. The molecule has 0 heterocycles. The van der Waals surface area contributed by atoms with Crippen LogP contribution < -0.4 is 10.2 Å². The molecule has 0 unspecified atom stereocenters. The molecule has 0 radical (unpaired) electrons. The highest BCUT2D eigenvalue weighted by molar-refractivity contribution is 9.10. The fourth-order valence-electron chi connectivity index (χ4n) is 1.75. The summed E-state index contributed by atoms with van der Waals surface area (Å²) in [5.74, 6) is -0.0553. The molecule has 5 nitrogen and oxygen atoms in total. The smallest absolute Gasteiger partial charge is 0.239 e. The number of hydrogen-bond acceptors (Lipinski definition) is 4. The van der Waals surface area contributed by atoms with Gasteiger partial charge in [0, 0.05) is 30.9 Å². The minimum atomic E-state index is -0.527. The van der Waals surface area contributed by atoms with Gasteiger partial charge < -0.3 is 20.1 Å². The first-order valence-corrected chi connectivity index (χ1v) is 7.19. The van der Waals surface area contributed by atoms with Crippen molar-refractivity contribution in [2.45, 2.75) is 13.0 Å². The van der Waals surface area contributed by atoms with E-state index >= 15 is 0 Å². The fraction of sp³-hybridized carbons (Fsp3) is 0.500. The van der Waals surface area contributed by atoms with E-state index in [0.29, 0.717) is 13.2 Å². The zero-order chi connectivity index (χ0) is 15.1. The van der Waals surface area contributed by atoms with E-state index < -0.39 is 6.10 Å². The van der Waals surface area contributed by atoms with Gasteiger partial charge >= 0.3 is 0 Å². The number of hydrogen-bond donors (Lipinski definition) is 2. The lowest BCUT2D eigenvalue weighted by atomic mass is 10.1. The number of carbonyl (C=O) groups is 1. The van der Waals surface area contributed by atoms with Gasteiger partial charge in [-0.2, -0.15) is 0 Å². The molecule has 0 aromatic heterocycles. The minimum absolute atomic E-state index is 0.0553. The molecule has 0 aliphatic heterocycles. The first kappa shape index (κ1) is 16.9. The number of nitrogens with one attached hydrogen (secondary N) is 1. The van der Waals surface area contributed by atoms with E-state index in [2.05, 4.69) is 21.2 Å². The van der Waals surface area contributed by atoms with Gasteiger partial charge in [-0.1, -0.05) is 22.0 Å². The van der Waals surface area contributed by atoms with Crippen molar-refractivity contribution < 1.29 is 14.6 Å². The summed E-state index contributed by atoms with van der Waals surface area (Å²) in [5.41, 5.74) is 1.73. The summed E-state index contributed by atoms with van der Waals surface area (Å²) in [5, 5.41) is 12.4. The highest BCUT2D eigenvalue weighted by Gasteiger charge is 2.11. The molecule has 6 heteroatoms. The number of anilines is 1. The molecule has 0 bridgehead atoms. The maximum atomic E-state index is 11.7. The van der Waals surface area contributed by atoms with E-state index in [1.165, 1.54) is 0 Å². The van der Waals surface area contributed by atoms with Gasteiger partial charge in [-0.05, 0) is 24.6 Å². The van der Waals surface area contributed by atoms with Gasteiger partial charge in [0.05, 0.1) is 19.3 Å². The fourth-order valence-corrected chi connectivity index (χ4v) is 2.45. The summed E-state index contributed by atoms with van der Waals surface area (Å²) < 4.78 is 5.71. The Balaban J connectivity index is 2.61. The van der Waals surface area contributed by atoms with E-state index in [1.807, 2.05) is 30.1 Å². The Bertz CT molecular complexity index is 452. The van der Waals surface area contributed by atoms with Crippen LogP contribution in [0.15, 0.2) is 22.7 Å². The first-order chi connectivity index (χ1) is 9.45. The number of likely N-dealkylation sites (N-methyl/N-ethyl adjacent to an activating group) is 1. The van der Waals surface area contributed by atoms with Crippen LogP contribution in [-0.4, -0.2) is 44.9 Å². The highest BCUT2D eigenvalue weighted by atomic mass is 79.9. The van der Waals surface area contributed by atoms with Crippen LogP contribution in [0.4, 0.5) is 5.69 Å². The molecule has 1 atom stereocenters. The summed E-state index contributed by atoms with van der Waals surface area (Å²) in [6, 6.07) is 5.63. The lowest BCUT2D eigenvalue weighted by Gasteiger charge is -2.20. The third kappa shape index (κ3) is 5.11. The maximum absolute atomic E-state index is 11.7. The number of nitrogens with zero attached hydrogens (tertiary/aromatic N) is 1. The Labute approximate surface area is 128 Å². The van der Waals surface area contributed by atoms with Crippen LogP contribution in [0, 0.1) is 0 Å². The molecule has 0 fully saturated rings. The number of rotatable bonds is 7. The predicted octanol–water partition coefficient (Wildman–Crippen LogP) is 1.70. The lowest BCUT2D eigenvalue weighted by molar-refractivity contribution is -0.119. The zero-order valence-corrected chi connectivity index (χ0v) is 13.6. The van der Waals surface area contributed by atoms with Crippen LogP contribution in [0.1, 0.15) is 18.6 Å². The van der Waals surface area contributed by atoms with Crippen molar-refractivity contribution in [1.29, 1.82) is 0 Å². The predicted molar refractivity (Wildman–Crippen MR) is 82.9 cm³/mol. The second-order valence-corrected chi connectivity index (χ2v) is 5.43. The van der Waals surface area contributed by atoms with Gasteiger partial charge in [0.25, 0.3) is 0 Å². The monoisotopic (exact) mass is 344 g/mol. The molecule has 1 aromatic carbocycles. The second kappa shape index (κ2) is 8.24. The van der Waals surface area contributed by atoms with E-state index in [0.717, 1.165) is 15.7 Å². The third-order valence-corrected chi connectivity index (χ3v) is 3.57. The normalized spacial score (nSPS) is 12.1. The molecule has 1 rings (SSSR count). The largest absolute Gasteiger partial charge is 0.389 e. The Morgan fingerprint density at radius 3 is 2.80 bits per heavy atom. The number of aliphatic hydroxyl groups excluding tert-OH is 1. The molecular weight excluding hydrogens is 324 g/mol. The topological polar surface area (TPSA) is 61.8 Å². The van der Waals surface area contributed by atoms with E-state index in [9.17, 15) is 9.90 Å². The summed E-state index contributed by atoms with van der Waals surface area (Å²) in [6.07, 6.45) is -0.527. The van der Waals surface area contributed by atoms with Gasteiger partial charge in [-0.3, -0.25) is 4.79 Å². The summed E-state index contributed by atoms with van der Waals surface area (Å²) in [4.78, 5) is 13.5.